The summed E-state index contributed by atoms with van der Waals surface area (Å²) in [7, 11) is 0. The van der Waals surface area contributed by atoms with Crippen LogP contribution in [-0.2, 0) is 14.3 Å². The summed E-state index contributed by atoms with van der Waals surface area (Å²) in [5, 5.41) is 10.7. The Morgan fingerprint density at radius 2 is 1.38 bits per heavy atom. The lowest BCUT2D eigenvalue weighted by atomic mass is 9.97. The lowest BCUT2D eigenvalue weighted by Gasteiger charge is -2.54. The van der Waals surface area contributed by atoms with Crippen LogP contribution in [0.1, 0.15) is 37.9 Å². The number of rotatable bonds is 5. The molecule has 9 heteroatoms. The smallest absolute Gasteiger partial charge is 0.341 e. The van der Waals surface area contributed by atoms with Gasteiger partial charge < -0.3 is 14.7 Å². The van der Waals surface area contributed by atoms with Crippen LogP contribution < -0.4 is 0 Å². The third-order valence-corrected chi connectivity index (χ3v) is 8.45. The van der Waals surface area contributed by atoms with Crippen molar-refractivity contribution in [1.82, 2.24) is 9.80 Å². The number of fused-ring (bicyclic) bond motifs is 2. The summed E-state index contributed by atoms with van der Waals surface area (Å²) in [6, 6.07) is 23.9. The zero-order chi connectivity index (χ0) is 25.7. The maximum absolute atomic E-state index is 13.3. The summed E-state index contributed by atoms with van der Waals surface area (Å²) in [5.41, 5.74) is 0.0985. The number of carbonyl (C=O) groups excluding carboxylic acids is 4. The molecule has 6 rings (SSSR count). The minimum absolute atomic E-state index is 0.0454. The zero-order valence-electron chi connectivity index (χ0n) is 19.5. The van der Waals surface area contributed by atoms with Gasteiger partial charge in [0.2, 0.25) is 5.91 Å². The number of hydrogen-bond acceptors (Lipinski definition) is 7. The molecule has 3 amide bonds. The highest BCUT2D eigenvalue weighted by molar-refractivity contribution is 8.00. The SMILES string of the molecule is O=C1c2ccccc2C(=O)N1C1C(=O)N2CC(O)(C(=O)OC(c3ccccc3)c3ccccc3)CS[C@H]12. The second-order valence-electron chi connectivity index (χ2n) is 9.28. The van der Waals surface area contributed by atoms with Gasteiger partial charge in [-0.25, -0.2) is 4.79 Å². The fourth-order valence-corrected chi connectivity index (χ4v) is 6.46. The normalized spacial score (nSPS) is 24.5. The Bertz CT molecular complexity index is 1340. The molecular formula is C28H22N2O6S. The molecule has 37 heavy (non-hydrogen) atoms. The number of amides is 3. The van der Waals surface area contributed by atoms with Gasteiger partial charge in [-0.1, -0.05) is 72.8 Å². The van der Waals surface area contributed by atoms with E-state index in [1.54, 1.807) is 24.3 Å². The van der Waals surface area contributed by atoms with E-state index in [0.717, 1.165) is 27.8 Å². The lowest BCUT2D eigenvalue weighted by Crippen LogP contribution is -2.75. The second kappa shape index (κ2) is 8.86. The number of benzene rings is 3. The van der Waals surface area contributed by atoms with Crippen molar-refractivity contribution in [3.63, 3.8) is 0 Å². The van der Waals surface area contributed by atoms with Crippen LogP contribution >= 0.6 is 11.8 Å². The quantitative estimate of drug-likeness (QED) is 0.317. The van der Waals surface area contributed by atoms with E-state index in [4.69, 9.17) is 4.74 Å². The molecule has 2 fully saturated rings. The second-order valence-corrected chi connectivity index (χ2v) is 10.4. The number of hydrogen-bond donors (Lipinski definition) is 1. The van der Waals surface area contributed by atoms with Gasteiger partial charge in [-0.15, -0.1) is 11.8 Å². The number of aliphatic hydroxyl groups is 1. The largest absolute Gasteiger partial charge is 0.450 e. The number of imide groups is 1. The molecule has 0 bridgehead atoms. The predicted molar refractivity (Wildman–Crippen MR) is 134 cm³/mol. The third-order valence-electron chi connectivity index (χ3n) is 6.95. The van der Waals surface area contributed by atoms with Crippen molar-refractivity contribution in [1.29, 1.82) is 0 Å². The summed E-state index contributed by atoms with van der Waals surface area (Å²) in [6.07, 6.45) is -0.736. The standard InChI is InChI=1S/C28H22N2O6S/c31-23-19-13-7-8-14-20(19)24(32)30(23)21-25(33)29-15-28(35,16-37-26(21)29)27(34)36-22(17-9-3-1-4-10-17)18-11-5-2-6-12-18/h1-14,21-22,26,35H,15-16H2/t21?,26-,28?/m1/s1. The molecule has 3 heterocycles. The van der Waals surface area contributed by atoms with Crippen LogP contribution in [0.15, 0.2) is 84.9 Å². The minimum atomic E-state index is -1.94. The van der Waals surface area contributed by atoms with Crippen molar-refractivity contribution in [2.45, 2.75) is 23.1 Å². The van der Waals surface area contributed by atoms with Gasteiger partial charge in [0.1, 0.15) is 11.4 Å². The van der Waals surface area contributed by atoms with Gasteiger partial charge in [0.25, 0.3) is 11.8 Å². The number of esters is 1. The van der Waals surface area contributed by atoms with E-state index in [1.165, 1.54) is 4.90 Å². The topological polar surface area (TPSA) is 104 Å². The molecule has 3 aromatic rings. The van der Waals surface area contributed by atoms with Gasteiger partial charge in [-0.3, -0.25) is 19.3 Å². The number of carbonyl (C=O) groups is 4. The first kappa shape index (κ1) is 23.4. The molecule has 0 aliphatic carbocycles. The molecule has 0 aromatic heterocycles. The van der Waals surface area contributed by atoms with Crippen molar-refractivity contribution in [3.8, 4) is 0 Å². The Kier molecular flexibility index (Phi) is 5.62. The van der Waals surface area contributed by atoms with E-state index in [2.05, 4.69) is 0 Å². The molecule has 2 unspecified atom stereocenters. The predicted octanol–water partition coefficient (Wildman–Crippen LogP) is 2.63. The molecule has 0 saturated carbocycles. The van der Waals surface area contributed by atoms with Crippen LogP contribution in [0, 0.1) is 0 Å². The van der Waals surface area contributed by atoms with Gasteiger partial charge in [-0.05, 0) is 23.3 Å². The molecule has 3 aliphatic heterocycles. The summed E-state index contributed by atoms with van der Waals surface area (Å²) in [6.45, 7) is -0.279. The van der Waals surface area contributed by atoms with Gasteiger partial charge in [0.05, 0.1) is 17.7 Å². The summed E-state index contributed by atoms with van der Waals surface area (Å²) < 4.78 is 5.85. The van der Waals surface area contributed by atoms with Gasteiger partial charge in [0.15, 0.2) is 11.7 Å². The first-order valence-electron chi connectivity index (χ1n) is 11.8. The Hall–Kier alpha value is -3.95. The Labute approximate surface area is 216 Å². The summed E-state index contributed by atoms with van der Waals surface area (Å²) >= 11 is 1.16. The van der Waals surface area contributed by atoms with Crippen LogP contribution in [0.2, 0.25) is 0 Å². The Morgan fingerprint density at radius 1 is 0.865 bits per heavy atom. The van der Waals surface area contributed by atoms with Crippen LogP contribution in [0.4, 0.5) is 0 Å². The highest BCUT2D eigenvalue weighted by atomic mass is 32.2. The number of nitrogens with zero attached hydrogens (tertiary/aromatic N) is 2. The first-order valence-corrected chi connectivity index (χ1v) is 12.9. The minimum Gasteiger partial charge on any atom is -0.450 e. The van der Waals surface area contributed by atoms with E-state index in [1.807, 2.05) is 60.7 Å². The van der Waals surface area contributed by atoms with E-state index in [0.29, 0.717) is 0 Å². The fourth-order valence-electron chi connectivity index (χ4n) is 5.03. The molecule has 186 valence electrons. The average molecular weight is 515 g/mol. The molecule has 0 radical (unpaired) electrons. The highest BCUT2D eigenvalue weighted by Gasteiger charge is 2.61. The molecule has 3 aromatic carbocycles. The molecule has 3 atom stereocenters. The van der Waals surface area contributed by atoms with Crippen molar-refractivity contribution in [2.24, 2.45) is 0 Å². The number of ether oxygens (including phenoxy) is 1. The van der Waals surface area contributed by atoms with E-state index >= 15 is 0 Å². The summed E-state index contributed by atoms with van der Waals surface area (Å²) in [4.78, 5) is 54.5. The monoisotopic (exact) mass is 514 g/mol. The third kappa shape index (κ3) is 3.73. The van der Waals surface area contributed by atoms with Gasteiger partial charge in [0, 0.05) is 5.75 Å². The van der Waals surface area contributed by atoms with E-state index < -0.39 is 46.8 Å². The molecule has 2 saturated heterocycles. The zero-order valence-corrected chi connectivity index (χ0v) is 20.3. The maximum Gasteiger partial charge on any atom is 0.341 e. The Morgan fingerprint density at radius 3 is 1.92 bits per heavy atom. The van der Waals surface area contributed by atoms with Gasteiger partial charge >= 0.3 is 5.97 Å². The van der Waals surface area contributed by atoms with Gasteiger partial charge in [-0.2, -0.15) is 0 Å². The van der Waals surface area contributed by atoms with Crippen LogP contribution in [0.5, 0.6) is 0 Å². The summed E-state index contributed by atoms with van der Waals surface area (Å²) in [5.74, 6) is -2.38. The molecular weight excluding hydrogens is 492 g/mol. The van der Waals surface area contributed by atoms with Crippen molar-refractivity contribution >= 4 is 35.5 Å². The molecule has 0 spiro atoms. The fraction of sp³-hybridized carbons (Fsp3) is 0.214. The van der Waals surface area contributed by atoms with Crippen LogP contribution in [0.3, 0.4) is 0 Å². The van der Waals surface area contributed by atoms with Crippen molar-refractivity contribution in [2.75, 3.05) is 12.3 Å². The highest BCUT2D eigenvalue weighted by Crippen LogP contribution is 2.43. The van der Waals surface area contributed by atoms with Crippen molar-refractivity contribution < 1.29 is 29.0 Å². The van der Waals surface area contributed by atoms with E-state index in [9.17, 15) is 24.3 Å². The molecule has 1 N–H and O–H groups in total. The number of thioether (sulfide) groups is 1. The lowest BCUT2D eigenvalue weighted by molar-refractivity contribution is -0.176. The molecule has 8 nitrogen and oxygen atoms in total. The van der Waals surface area contributed by atoms with Crippen molar-refractivity contribution in [3.05, 3.63) is 107 Å². The number of β-lactam (4-membered cyclic amide) rings is 1. The Balaban J connectivity index is 1.19. The maximum atomic E-state index is 13.3. The van der Waals surface area contributed by atoms with Crippen LogP contribution in [0.25, 0.3) is 0 Å². The van der Waals surface area contributed by atoms with Crippen LogP contribution in [-0.4, -0.2) is 67.9 Å². The molecule has 3 aliphatic rings. The van der Waals surface area contributed by atoms with E-state index in [-0.39, 0.29) is 23.4 Å². The average Bonchev–Trinajstić information content (AvgIpc) is 3.18. The first-order chi connectivity index (χ1) is 17.9.